The molecule has 1 heterocycles. The molecule has 0 atom stereocenters. The van der Waals surface area contributed by atoms with E-state index in [1.165, 1.54) is 5.56 Å². The number of benzene rings is 2. The van der Waals surface area contributed by atoms with Gasteiger partial charge in [-0.2, -0.15) is 0 Å². The minimum absolute atomic E-state index is 0.0657. The topological polar surface area (TPSA) is 46.9 Å². The lowest BCUT2D eigenvalue weighted by Crippen LogP contribution is -2.40. The average molecular weight is 335 g/mol. The second kappa shape index (κ2) is 7.09. The van der Waals surface area contributed by atoms with Gasteiger partial charge in [0.1, 0.15) is 5.82 Å². The number of aromatic nitrogens is 2. The van der Waals surface area contributed by atoms with Crippen LogP contribution in [0, 0.1) is 0 Å². The van der Waals surface area contributed by atoms with Crippen molar-refractivity contribution in [2.24, 2.45) is 0 Å². The highest BCUT2D eigenvalue weighted by Gasteiger charge is 2.16. The van der Waals surface area contributed by atoms with Crippen molar-refractivity contribution < 1.29 is 4.79 Å². The summed E-state index contributed by atoms with van der Waals surface area (Å²) in [5.41, 5.74) is 3.07. The Balaban J connectivity index is 1.84. The van der Waals surface area contributed by atoms with E-state index in [4.69, 9.17) is 4.98 Å². The smallest absolute Gasteiger partial charge is 0.222 e. The summed E-state index contributed by atoms with van der Waals surface area (Å²) < 4.78 is 2.17. The Morgan fingerprint density at radius 1 is 1.04 bits per heavy atom. The van der Waals surface area contributed by atoms with E-state index in [1.54, 1.807) is 0 Å². The maximum Gasteiger partial charge on any atom is 0.222 e. The number of aryl methyl sites for hydroxylation is 1. The van der Waals surface area contributed by atoms with Gasteiger partial charge in [0.25, 0.3) is 0 Å². The molecule has 0 saturated carbocycles. The first kappa shape index (κ1) is 17.2. The Morgan fingerprint density at radius 3 is 2.44 bits per heavy atom. The van der Waals surface area contributed by atoms with Crippen molar-refractivity contribution in [3.8, 4) is 0 Å². The van der Waals surface area contributed by atoms with E-state index >= 15 is 0 Å². The molecule has 0 bridgehead atoms. The third-order valence-corrected chi connectivity index (χ3v) is 4.02. The lowest BCUT2D eigenvalue weighted by Gasteiger charge is -2.20. The third-order valence-electron chi connectivity index (χ3n) is 4.02. The summed E-state index contributed by atoms with van der Waals surface area (Å²) in [6, 6.07) is 18.4. The molecule has 130 valence electrons. The molecular weight excluding hydrogens is 310 g/mol. The molecule has 1 N–H and O–H groups in total. The number of amides is 1. The number of carbonyl (C=O) groups is 1. The Morgan fingerprint density at radius 2 is 1.72 bits per heavy atom. The van der Waals surface area contributed by atoms with Gasteiger partial charge in [0, 0.05) is 24.9 Å². The molecule has 0 saturated heterocycles. The number of para-hydroxylation sites is 2. The van der Waals surface area contributed by atoms with Gasteiger partial charge in [0.2, 0.25) is 5.91 Å². The molecule has 4 heteroatoms. The molecule has 0 spiro atoms. The molecule has 1 aromatic heterocycles. The number of hydrogen-bond acceptors (Lipinski definition) is 2. The summed E-state index contributed by atoms with van der Waals surface area (Å²) in [5, 5.41) is 3.03. The minimum atomic E-state index is -0.207. The molecule has 0 aliphatic heterocycles. The summed E-state index contributed by atoms with van der Waals surface area (Å²) in [7, 11) is 0. The molecular formula is C21H25N3O. The van der Waals surface area contributed by atoms with Crippen molar-refractivity contribution in [2.75, 3.05) is 0 Å². The summed E-state index contributed by atoms with van der Waals surface area (Å²) in [4.78, 5) is 17.0. The molecule has 4 nitrogen and oxygen atoms in total. The van der Waals surface area contributed by atoms with E-state index in [-0.39, 0.29) is 11.4 Å². The van der Waals surface area contributed by atoms with Gasteiger partial charge >= 0.3 is 0 Å². The first-order valence-corrected chi connectivity index (χ1v) is 8.71. The quantitative estimate of drug-likeness (QED) is 0.768. The molecule has 0 aliphatic carbocycles. The summed E-state index contributed by atoms with van der Waals surface area (Å²) in [6.07, 6.45) is 1.20. The molecule has 0 aliphatic rings. The van der Waals surface area contributed by atoms with Gasteiger partial charge in [-0.15, -0.1) is 0 Å². The fourth-order valence-corrected chi connectivity index (χ4v) is 2.98. The average Bonchev–Trinajstić information content (AvgIpc) is 2.89. The number of carbonyl (C=O) groups excluding carboxylic acids is 1. The van der Waals surface area contributed by atoms with E-state index in [2.05, 4.69) is 28.1 Å². The van der Waals surface area contributed by atoms with Crippen LogP contribution in [0.15, 0.2) is 54.6 Å². The van der Waals surface area contributed by atoms with E-state index in [9.17, 15) is 4.79 Å². The Kier molecular flexibility index (Phi) is 4.88. The van der Waals surface area contributed by atoms with Crippen molar-refractivity contribution in [2.45, 2.75) is 45.7 Å². The molecule has 3 rings (SSSR count). The van der Waals surface area contributed by atoms with Gasteiger partial charge in [-0.3, -0.25) is 4.79 Å². The standard InChI is InChI=1S/C21H25N3O/c1-21(2,3)23-20(25)13-14-24-18-12-8-7-11-17(18)22-19(24)15-16-9-5-4-6-10-16/h4-12H,13-15H2,1-3H3,(H,23,25). The normalized spacial score (nSPS) is 11.6. The SMILES string of the molecule is CC(C)(C)NC(=O)CCn1c(Cc2ccccc2)nc2ccccc21. The van der Waals surface area contributed by atoms with Gasteiger partial charge in [0.05, 0.1) is 11.0 Å². The first-order valence-electron chi connectivity index (χ1n) is 8.71. The monoisotopic (exact) mass is 335 g/mol. The number of nitrogens with zero attached hydrogens (tertiary/aromatic N) is 2. The lowest BCUT2D eigenvalue weighted by molar-refractivity contribution is -0.122. The van der Waals surface area contributed by atoms with E-state index in [0.29, 0.717) is 13.0 Å². The number of fused-ring (bicyclic) bond motifs is 1. The van der Waals surface area contributed by atoms with Gasteiger partial charge in [-0.25, -0.2) is 4.98 Å². The number of hydrogen-bond donors (Lipinski definition) is 1. The molecule has 0 radical (unpaired) electrons. The van der Waals surface area contributed by atoms with Crippen LogP contribution in [0.5, 0.6) is 0 Å². The molecule has 3 aromatic rings. The highest BCUT2D eigenvalue weighted by Crippen LogP contribution is 2.19. The number of imidazole rings is 1. The fraction of sp³-hybridized carbons (Fsp3) is 0.333. The maximum absolute atomic E-state index is 12.2. The molecule has 0 fully saturated rings. The van der Waals surface area contributed by atoms with Crippen LogP contribution < -0.4 is 5.32 Å². The summed E-state index contributed by atoms with van der Waals surface area (Å²) in [6.45, 7) is 6.62. The minimum Gasteiger partial charge on any atom is -0.351 e. The second-order valence-corrected chi connectivity index (χ2v) is 7.38. The molecule has 2 aromatic carbocycles. The summed E-state index contributed by atoms with van der Waals surface area (Å²) in [5.74, 6) is 1.06. The predicted molar refractivity (Wildman–Crippen MR) is 101 cm³/mol. The van der Waals surface area contributed by atoms with E-state index in [1.807, 2.05) is 57.2 Å². The first-order chi connectivity index (χ1) is 11.9. The van der Waals surface area contributed by atoms with Crippen LogP contribution in [-0.4, -0.2) is 21.0 Å². The molecule has 1 amide bonds. The largest absolute Gasteiger partial charge is 0.351 e. The van der Waals surface area contributed by atoms with Gasteiger partial charge in [0.15, 0.2) is 0 Å². The fourth-order valence-electron chi connectivity index (χ4n) is 2.98. The molecule has 0 unspecified atom stereocenters. The van der Waals surface area contributed by atoms with Crippen molar-refractivity contribution in [1.82, 2.24) is 14.9 Å². The van der Waals surface area contributed by atoms with Crippen LogP contribution in [0.3, 0.4) is 0 Å². The van der Waals surface area contributed by atoms with Crippen molar-refractivity contribution >= 4 is 16.9 Å². The van der Waals surface area contributed by atoms with Crippen LogP contribution in [0.2, 0.25) is 0 Å². The Hall–Kier alpha value is -2.62. The van der Waals surface area contributed by atoms with Gasteiger partial charge < -0.3 is 9.88 Å². The van der Waals surface area contributed by atoms with E-state index in [0.717, 1.165) is 23.3 Å². The Bertz CT molecular complexity index is 860. The van der Waals surface area contributed by atoms with Crippen LogP contribution in [0.4, 0.5) is 0 Å². The van der Waals surface area contributed by atoms with Crippen molar-refractivity contribution in [3.05, 3.63) is 66.0 Å². The van der Waals surface area contributed by atoms with Crippen molar-refractivity contribution in [3.63, 3.8) is 0 Å². The second-order valence-electron chi connectivity index (χ2n) is 7.38. The Labute approximate surface area is 148 Å². The van der Waals surface area contributed by atoms with Crippen LogP contribution in [0.25, 0.3) is 11.0 Å². The van der Waals surface area contributed by atoms with Gasteiger partial charge in [-0.1, -0.05) is 42.5 Å². The third kappa shape index (κ3) is 4.47. The highest BCUT2D eigenvalue weighted by atomic mass is 16.1. The summed E-state index contributed by atoms with van der Waals surface area (Å²) >= 11 is 0. The maximum atomic E-state index is 12.2. The highest BCUT2D eigenvalue weighted by molar-refractivity contribution is 5.78. The number of nitrogens with one attached hydrogen (secondary N) is 1. The zero-order chi connectivity index (χ0) is 17.9. The van der Waals surface area contributed by atoms with Crippen LogP contribution >= 0.6 is 0 Å². The van der Waals surface area contributed by atoms with Crippen molar-refractivity contribution in [1.29, 1.82) is 0 Å². The van der Waals surface area contributed by atoms with Crippen LogP contribution in [-0.2, 0) is 17.8 Å². The van der Waals surface area contributed by atoms with Gasteiger partial charge in [-0.05, 0) is 38.5 Å². The van der Waals surface area contributed by atoms with E-state index < -0.39 is 0 Å². The zero-order valence-corrected chi connectivity index (χ0v) is 15.1. The number of rotatable bonds is 5. The molecule has 25 heavy (non-hydrogen) atoms. The predicted octanol–water partition coefficient (Wildman–Crippen LogP) is 3.93. The zero-order valence-electron chi connectivity index (χ0n) is 15.1. The lowest BCUT2D eigenvalue weighted by atomic mass is 10.1. The van der Waals surface area contributed by atoms with Crippen LogP contribution in [0.1, 0.15) is 38.6 Å².